The SMILES string of the molecule is CC(C)c1csc(CN2CCCN(C(=O)C(C)(C)N3CCOCC3)CC2)n1. The Morgan fingerprint density at radius 3 is 2.59 bits per heavy atom. The van der Waals surface area contributed by atoms with Gasteiger partial charge in [-0.1, -0.05) is 13.8 Å². The van der Waals surface area contributed by atoms with Crippen LogP contribution < -0.4 is 0 Å². The first-order chi connectivity index (χ1) is 12.9. The van der Waals surface area contributed by atoms with Gasteiger partial charge in [0.15, 0.2) is 0 Å². The summed E-state index contributed by atoms with van der Waals surface area (Å²) in [5.74, 6) is 0.734. The van der Waals surface area contributed by atoms with Crippen molar-refractivity contribution in [2.24, 2.45) is 0 Å². The molecule has 6 nitrogen and oxygen atoms in total. The Bertz CT molecular complexity index is 625. The summed E-state index contributed by atoms with van der Waals surface area (Å²) in [7, 11) is 0. The van der Waals surface area contributed by atoms with Gasteiger partial charge in [-0.25, -0.2) is 4.98 Å². The normalized spacial score (nSPS) is 20.9. The first-order valence-electron chi connectivity index (χ1n) is 10.2. The lowest BCUT2D eigenvalue weighted by Crippen LogP contribution is -2.59. The van der Waals surface area contributed by atoms with Gasteiger partial charge in [0.05, 0.1) is 31.0 Å². The van der Waals surface area contributed by atoms with Crippen molar-refractivity contribution in [3.63, 3.8) is 0 Å². The first kappa shape index (κ1) is 20.7. The molecule has 2 saturated heterocycles. The fourth-order valence-electron chi connectivity index (χ4n) is 3.83. The maximum absolute atomic E-state index is 13.2. The monoisotopic (exact) mass is 394 g/mol. The van der Waals surface area contributed by atoms with Gasteiger partial charge in [-0.05, 0) is 26.2 Å². The van der Waals surface area contributed by atoms with Crippen LogP contribution in [0.15, 0.2) is 5.38 Å². The van der Waals surface area contributed by atoms with Crippen LogP contribution in [0.2, 0.25) is 0 Å². The molecule has 0 N–H and O–H groups in total. The largest absolute Gasteiger partial charge is 0.379 e. The minimum atomic E-state index is -0.458. The molecular formula is C20H34N4O2S. The molecule has 0 unspecified atom stereocenters. The third-order valence-corrected chi connectivity index (χ3v) is 6.57. The molecule has 1 aromatic heterocycles. The van der Waals surface area contributed by atoms with Crippen molar-refractivity contribution >= 4 is 17.2 Å². The lowest BCUT2D eigenvalue weighted by molar-refractivity contribution is -0.145. The predicted molar refractivity (Wildman–Crippen MR) is 109 cm³/mol. The molecule has 152 valence electrons. The van der Waals surface area contributed by atoms with Gasteiger partial charge in [-0.3, -0.25) is 14.6 Å². The average Bonchev–Trinajstić information content (AvgIpc) is 3.01. The molecule has 0 radical (unpaired) electrons. The molecule has 0 aliphatic carbocycles. The van der Waals surface area contributed by atoms with Gasteiger partial charge >= 0.3 is 0 Å². The lowest BCUT2D eigenvalue weighted by atomic mass is 9.99. The Morgan fingerprint density at radius 2 is 1.93 bits per heavy atom. The number of thiazole rings is 1. The van der Waals surface area contributed by atoms with Crippen molar-refractivity contribution < 1.29 is 9.53 Å². The van der Waals surface area contributed by atoms with Crippen LogP contribution in [0.5, 0.6) is 0 Å². The Kier molecular flexibility index (Phi) is 6.89. The lowest BCUT2D eigenvalue weighted by Gasteiger charge is -2.42. The molecule has 2 aliphatic heterocycles. The van der Waals surface area contributed by atoms with E-state index in [1.165, 1.54) is 10.7 Å². The molecule has 2 aliphatic rings. The Balaban J connectivity index is 1.56. The van der Waals surface area contributed by atoms with E-state index in [2.05, 4.69) is 47.8 Å². The Labute approximate surface area is 167 Å². The summed E-state index contributed by atoms with van der Waals surface area (Å²) in [6.07, 6.45) is 1.02. The zero-order valence-corrected chi connectivity index (χ0v) is 18.1. The molecule has 0 bridgehead atoms. The third kappa shape index (κ3) is 5.08. The van der Waals surface area contributed by atoms with Gasteiger partial charge < -0.3 is 9.64 Å². The van der Waals surface area contributed by atoms with Crippen LogP contribution in [0, 0.1) is 0 Å². The zero-order valence-electron chi connectivity index (χ0n) is 17.2. The number of amides is 1. The number of ether oxygens (including phenoxy) is 1. The van der Waals surface area contributed by atoms with E-state index in [0.29, 0.717) is 5.92 Å². The predicted octanol–water partition coefficient (Wildman–Crippen LogP) is 2.41. The summed E-state index contributed by atoms with van der Waals surface area (Å²) >= 11 is 1.76. The van der Waals surface area contributed by atoms with Crippen molar-refractivity contribution in [1.82, 2.24) is 19.7 Å². The van der Waals surface area contributed by atoms with E-state index < -0.39 is 5.54 Å². The number of rotatable bonds is 5. The standard InChI is InChI=1S/C20H34N4O2S/c1-16(2)17-15-27-18(21-17)14-22-6-5-7-23(9-8-22)19(25)20(3,4)24-10-12-26-13-11-24/h15-16H,5-14H2,1-4H3. The van der Waals surface area contributed by atoms with Gasteiger partial charge in [0, 0.05) is 44.6 Å². The zero-order chi connectivity index (χ0) is 19.4. The van der Waals surface area contributed by atoms with E-state index in [1.54, 1.807) is 11.3 Å². The molecular weight excluding hydrogens is 360 g/mol. The van der Waals surface area contributed by atoms with Crippen LogP contribution >= 0.6 is 11.3 Å². The van der Waals surface area contributed by atoms with Crippen LogP contribution in [0.3, 0.4) is 0 Å². The second-order valence-electron chi connectivity index (χ2n) is 8.40. The average molecular weight is 395 g/mol. The number of hydrogen-bond acceptors (Lipinski definition) is 6. The van der Waals surface area contributed by atoms with Gasteiger partial charge in [-0.15, -0.1) is 11.3 Å². The Hall–Kier alpha value is -1.02. The van der Waals surface area contributed by atoms with Crippen molar-refractivity contribution in [1.29, 1.82) is 0 Å². The number of carbonyl (C=O) groups excluding carboxylic acids is 1. The van der Waals surface area contributed by atoms with Crippen molar-refractivity contribution in [3.8, 4) is 0 Å². The highest BCUT2D eigenvalue weighted by Crippen LogP contribution is 2.22. The quantitative estimate of drug-likeness (QED) is 0.768. The van der Waals surface area contributed by atoms with E-state index in [1.807, 2.05) is 0 Å². The maximum atomic E-state index is 13.2. The summed E-state index contributed by atoms with van der Waals surface area (Å²) < 4.78 is 5.45. The molecule has 0 atom stereocenters. The maximum Gasteiger partial charge on any atom is 0.242 e. The van der Waals surface area contributed by atoms with Gasteiger partial charge in [0.1, 0.15) is 5.01 Å². The summed E-state index contributed by atoms with van der Waals surface area (Å²) in [5.41, 5.74) is 0.731. The fraction of sp³-hybridized carbons (Fsp3) is 0.800. The molecule has 0 spiro atoms. The van der Waals surface area contributed by atoms with Gasteiger partial charge in [0.2, 0.25) is 5.91 Å². The number of carbonyl (C=O) groups is 1. The van der Waals surface area contributed by atoms with Gasteiger partial charge in [0.25, 0.3) is 0 Å². The molecule has 1 aromatic rings. The molecule has 27 heavy (non-hydrogen) atoms. The number of aromatic nitrogens is 1. The highest BCUT2D eigenvalue weighted by atomic mass is 32.1. The number of hydrogen-bond donors (Lipinski definition) is 0. The fourth-order valence-corrected chi connectivity index (χ4v) is 4.83. The van der Waals surface area contributed by atoms with Crippen LogP contribution in [0.25, 0.3) is 0 Å². The van der Waals surface area contributed by atoms with Gasteiger partial charge in [-0.2, -0.15) is 0 Å². The first-order valence-corrected chi connectivity index (χ1v) is 11.0. The van der Waals surface area contributed by atoms with E-state index in [4.69, 9.17) is 9.72 Å². The summed E-state index contributed by atoms with van der Waals surface area (Å²) in [6.45, 7) is 16.1. The molecule has 0 aromatic carbocycles. The van der Waals surface area contributed by atoms with Crippen molar-refractivity contribution in [3.05, 3.63) is 16.1 Å². The summed E-state index contributed by atoms with van der Waals surface area (Å²) in [5, 5.41) is 3.37. The van der Waals surface area contributed by atoms with E-state index in [-0.39, 0.29) is 5.91 Å². The molecule has 7 heteroatoms. The van der Waals surface area contributed by atoms with E-state index >= 15 is 0 Å². The molecule has 3 rings (SSSR count). The minimum absolute atomic E-state index is 0.252. The smallest absolute Gasteiger partial charge is 0.242 e. The van der Waals surface area contributed by atoms with E-state index in [9.17, 15) is 4.79 Å². The second kappa shape index (κ2) is 8.99. The molecule has 2 fully saturated rings. The summed E-state index contributed by atoms with van der Waals surface area (Å²) in [6, 6.07) is 0. The van der Waals surface area contributed by atoms with Crippen LogP contribution in [0.1, 0.15) is 50.7 Å². The second-order valence-corrected chi connectivity index (χ2v) is 9.34. The van der Waals surface area contributed by atoms with E-state index in [0.717, 1.165) is 65.4 Å². The molecule has 0 saturated carbocycles. The number of morpholine rings is 1. The molecule has 1 amide bonds. The van der Waals surface area contributed by atoms with Crippen molar-refractivity contribution in [2.75, 3.05) is 52.5 Å². The van der Waals surface area contributed by atoms with Crippen LogP contribution in [-0.4, -0.2) is 83.6 Å². The van der Waals surface area contributed by atoms with Crippen LogP contribution in [-0.2, 0) is 16.1 Å². The number of nitrogens with zero attached hydrogens (tertiary/aromatic N) is 4. The third-order valence-electron chi connectivity index (χ3n) is 5.72. The molecule has 3 heterocycles. The Morgan fingerprint density at radius 1 is 1.19 bits per heavy atom. The highest BCUT2D eigenvalue weighted by molar-refractivity contribution is 7.09. The van der Waals surface area contributed by atoms with Crippen molar-refractivity contribution in [2.45, 2.75) is 52.1 Å². The summed E-state index contributed by atoms with van der Waals surface area (Å²) in [4.78, 5) is 24.8. The topological polar surface area (TPSA) is 48.9 Å². The highest BCUT2D eigenvalue weighted by Gasteiger charge is 2.38. The minimum Gasteiger partial charge on any atom is -0.379 e. The van der Waals surface area contributed by atoms with Crippen LogP contribution in [0.4, 0.5) is 0 Å².